The molecule has 0 aliphatic heterocycles. The third-order valence-corrected chi connectivity index (χ3v) is 3.56. The van der Waals surface area contributed by atoms with Crippen molar-refractivity contribution in [3.8, 4) is 0 Å². The van der Waals surface area contributed by atoms with Crippen molar-refractivity contribution in [3.05, 3.63) is 21.9 Å². The second-order valence-corrected chi connectivity index (χ2v) is 5.02. The molecule has 88 valence electrons. The summed E-state index contributed by atoms with van der Waals surface area (Å²) < 4.78 is 4.52. The minimum absolute atomic E-state index is 0.174. The number of amides is 1. The summed E-state index contributed by atoms with van der Waals surface area (Å²) in [4.78, 5) is 22.2. The van der Waals surface area contributed by atoms with Crippen LogP contribution in [-0.2, 0) is 9.53 Å². The number of ether oxygens (including phenoxy) is 1. The third kappa shape index (κ3) is 3.31. The van der Waals surface area contributed by atoms with E-state index in [0.29, 0.717) is 5.56 Å². The maximum absolute atomic E-state index is 11.7. The van der Waals surface area contributed by atoms with Gasteiger partial charge in [-0.05, 0) is 17.9 Å². The third-order valence-electron chi connectivity index (χ3n) is 2.00. The monoisotopic (exact) mass is 305 g/mol. The lowest BCUT2D eigenvalue weighted by molar-refractivity contribution is -0.139. The molecule has 1 rings (SSSR count). The van der Waals surface area contributed by atoms with Gasteiger partial charge in [-0.2, -0.15) is 11.3 Å². The summed E-state index contributed by atoms with van der Waals surface area (Å²) in [6, 6.07) is 0. The fourth-order valence-corrected chi connectivity index (χ4v) is 2.26. The predicted octanol–water partition coefficient (Wildman–Crippen LogP) is 1.72. The lowest BCUT2D eigenvalue weighted by Gasteiger charge is -2.08. The normalized spacial score (nSPS) is 11.9. The zero-order valence-corrected chi connectivity index (χ0v) is 11.4. The molecule has 1 aromatic rings. The molecule has 0 fully saturated rings. The van der Waals surface area contributed by atoms with Gasteiger partial charge in [-0.3, -0.25) is 9.59 Å². The highest BCUT2D eigenvalue weighted by Gasteiger charge is 2.17. The van der Waals surface area contributed by atoms with E-state index in [1.165, 1.54) is 18.4 Å². The number of rotatable bonds is 4. The Labute approximate surface area is 106 Å². The van der Waals surface area contributed by atoms with Crippen molar-refractivity contribution >= 4 is 39.1 Å². The van der Waals surface area contributed by atoms with Gasteiger partial charge in [-0.25, -0.2) is 0 Å². The largest absolute Gasteiger partial charge is 0.468 e. The molecule has 1 amide bonds. The number of thiophene rings is 1. The molecule has 16 heavy (non-hydrogen) atoms. The van der Waals surface area contributed by atoms with E-state index in [0.717, 1.165) is 5.56 Å². The highest BCUT2D eigenvalue weighted by atomic mass is 79.9. The molecule has 0 saturated heterocycles. The van der Waals surface area contributed by atoms with Gasteiger partial charge in [0.25, 0.3) is 5.91 Å². The Morgan fingerprint density at radius 1 is 1.56 bits per heavy atom. The lowest BCUT2D eigenvalue weighted by atomic mass is 10.2. The lowest BCUT2D eigenvalue weighted by Crippen LogP contribution is -2.33. The van der Waals surface area contributed by atoms with Crippen LogP contribution >= 0.6 is 27.3 Å². The van der Waals surface area contributed by atoms with Crippen LogP contribution in [0, 0.1) is 6.92 Å². The van der Waals surface area contributed by atoms with Crippen molar-refractivity contribution in [2.24, 2.45) is 0 Å². The van der Waals surface area contributed by atoms with Crippen LogP contribution in [0.4, 0.5) is 0 Å². The molecule has 0 aliphatic carbocycles. The second kappa shape index (κ2) is 6.00. The van der Waals surface area contributed by atoms with E-state index >= 15 is 0 Å². The molecule has 0 aromatic carbocycles. The molecule has 1 atom stereocenters. The Hall–Kier alpha value is -0.880. The van der Waals surface area contributed by atoms with E-state index < -0.39 is 10.8 Å². The number of hydrogen-bond acceptors (Lipinski definition) is 4. The molecule has 0 saturated carbocycles. The number of hydrogen-bond donors (Lipinski definition) is 1. The molecule has 0 spiro atoms. The number of halogens is 1. The Morgan fingerprint density at radius 2 is 2.25 bits per heavy atom. The molecule has 6 heteroatoms. The molecular formula is C10H12BrNO3S. The second-order valence-electron chi connectivity index (χ2n) is 3.17. The highest BCUT2D eigenvalue weighted by molar-refractivity contribution is 9.10. The first-order chi connectivity index (χ1) is 7.56. The molecule has 0 radical (unpaired) electrons. The first-order valence-corrected chi connectivity index (χ1v) is 6.45. The van der Waals surface area contributed by atoms with Gasteiger partial charge in [0.2, 0.25) is 0 Å². The van der Waals surface area contributed by atoms with Crippen LogP contribution in [-0.4, -0.2) is 30.4 Å². The van der Waals surface area contributed by atoms with Crippen molar-refractivity contribution < 1.29 is 14.3 Å². The standard InChI is InChI=1S/C10H12BrNO3S/c1-6-4-16-5-7(6)9(13)12-3-8(11)10(14)15-2/h4-5,8H,3H2,1-2H3,(H,12,13). The van der Waals surface area contributed by atoms with Gasteiger partial charge in [-0.15, -0.1) is 0 Å². The van der Waals surface area contributed by atoms with Gasteiger partial charge >= 0.3 is 5.97 Å². The number of carbonyl (C=O) groups is 2. The van der Waals surface area contributed by atoms with Crippen molar-refractivity contribution in [3.63, 3.8) is 0 Å². The number of methoxy groups -OCH3 is 1. The van der Waals surface area contributed by atoms with Gasteiger partial charge in [-0.1, -0.05) is 15.9 Å². The Kier molecular flexibility index (Phi) is 4.95. The van der Waals surface area contributed by atoms with Gasteiger partial charge in [0, 0.05) is 11.9 Å². The Morgan fingerprint density at radius 3 is 2.75 bits per heavy atom. The maximum atomic E-state index is 11.7. The summed E-state index contributed by atoms with van der Waals surface area (Å²) >= 11 is 4.60. The Bertz CT molecular complexity index is 391. The Balaban J connectivity index is 2.48. The zero-order valence-electron chi connectivity index (χ0n) is 8.95. The van der Waals surface area contributed by atoms with Crippen LogP contribution in [0.5, 0.6) is 0 Å². The van der Waals surface area contributed by atoms with E-state index in [4.69, 9.17) is 0 Å². The summed E-state index contributed by atoms with van der Waals surface area (Å²) in [6.45, 7) is 2.08. The molecule has 1 heterocycles. The summed E-state index contributed by atoms with van der Waals surface area (Å²) in [7, 11) is 1.31. The predicted molar refractivity (Wildman–Crippen MR) is 66.1 cm³/mol. The van der Waals surface area contributed by atoms with Crippen LogP contribution in [0.1, 0.15) is 15.9 Å². The minimum Gasteiger partial charge on any atom is -0.468 e. The summed E-state index contributed by atoms with van der Waals surface area (Å²) in [6.07, 6.45) is 0. The molecule has 0 bridgehead atoms. The summed E-state index contributed by atoms with van der Waals surface area (Å²) in [5.41, 5.74) is 1.58. The van der Waals surface area contributed by atoms with Gasteiger partial charge in [0.1, 0.15) is 4.83 Å². The van der Waals surface area contributed by atoms with Crippen LogP contribution in [0.2, 0.25) is 0 Å². The van der Waals surface area contributed by atoms with Gasteiger partial charge in [0.05, 0.1) is 12.7 Å². The van der Waals surface area contributed by atoms with Crippen molar-refractivity contribution in [1.82, 2.24) is 5.32 Å². The molecular weight excluding hydrogens is 294 g/mol. The van der Waals surface area contributed by atoms with Crippen LogP contribution in [0.15, 0.2) is 10.8 Å². The van der Waals surface area contributed by atoms with Crippen molar-refractivity contribution in [2.75, 3.05) is 13.7 Å². The molecule has 1 aromatic heterocycles. The maximum Gasteiger partial charge on any atom is 0.321 e. The molecule has 1 unspecified atom stereocenters. The van der Waals surface area contributed by atoms with Crippen molar-refractivity contribution in [2.45, 2.75) is 11.8 Å². The fourth-order valence-electron chi connectivity index (χ4n) is 1.08. The van der Waals surface area contributed by atoms with Crippen molar-refractivity contribution in [1.29, 1.82) is 0 Å². The van der Waals surface area contributed by atoms with Crippen LogP contribution in [0.25, 0.3) is 0 Å². The first kappa shape index (κ1) is 13.2. The van der Waals surface area contributed by atoms with E-state index in [1.54, 1.807) is 5.38 Å². The first-order valence-electron chi connectivity index (χ1n) is 4.59. The van der Waals surface area contributed by atoms with E-state index in [-0.39, 0.29) is 12.5 Å². The van der Waals surface area contributed by atoms with E-state index in [1.807, 2.05) is 12.3 Å². The topological polar surface area (TPSA) is 55.4 Å². The zero-order chi connectivity index (χ0) is 12.1. The quantitative estimate of drug-likeness (QED) is 0.681. The number of aryl methyl sites for hydroxylation is 1. The van der Waals surface area contributed by atoms with Gasteiger partial charge in [0.15, 0.2) is 0 Å². The SMILES string of the molecule is COC(=O)C(Br)CNC(=O)c1cscc1C. The molecule has 0 aliphatic rings. The summed E-state index contributed by atoms with van der Waals surface area (Å²) in [5, 5.41) is 6.35. The summed E-state index contributed by atoms with van der Waals surface area (Å²) in [5.74, 6) is -0.575. The smallest absolute Gasteiger partial charge is 0.321 e. The van der Waals surface area contributed by atoms with Crippen LogP contribution < -0.4 is 5.32 Å². The number of alkyl halides is 1. The minimum atomic E-state index is -0.514. The van der Waals surface area contributed by atoms with Crippen LogP contribution in [0.3, 0.4) is 0 Å². The average Bonchev–Trinajstić information content (AvgIpc) is 2.70. The highest BCUT2D eigenvalue weighted by Crippen LogP contribution is 2.13. The number of esters is 1. The fraction of sp³-hybridized carbons (Fsp3) is 0.400. The number of carbonyl (C=O) groups excluding carboxylic acids is 2. The molecule has 4 nitrogen and oxygen atoms in total. The van der Waals surface area contributed by atoms with E-state index in [2.05, 4.69) is 26.0 Å². The molecule has 1 N–H and O–H groups in total. The average molecular weight is 306 g/mol. The number of nitrogens with one attached hydrogen (secondary N) is 1. The van der Waals surface area contributed by atoms with E-state index in [9.17, 15) is 9.59 Å². The van der Waals surface area contributed by atoms with Gasteiger partial charge < -0.3 is 10.1 Å².